The Bertz CT molecular complexity index is 499. The number of hydrogen-bond donors (Lipinski definition) is 1. The summed E-state index contributed by atoms with van der Waals surface area (Å²) in [6.45, 7) is 3.19. The lowest BCUT2D eigenvalue weighted by molar-refractivity contribution is 0.0986. The molecule has 0 aromatic carbocycles. The van der Waals surface area contributed by atoms with Crippen molar-refractivity contribution in [1.82, 2.24) is 14.3 Å². The van der Waals surface area contributed by atoms with Crippen molar-refractivity contribution < 1.29 is 14.6 Å². The van der Waals surface area contributed by atoms with Gasteiger partial charge < -0.3 is 19.6 Å². The molecule has 8 heteroatoms. The summed E-state index contributed by atoms with van der Waals surface area (Å²) in [6, 6.07) is 0.423. The van der Waals surface area contributed by atoms with Crippen molar-refractivity contribution in [2.75, 3.05) is 38.2 Å². The van der Waals surface area contributed by atoms with Crippen LogP contribution >= 0.6 is 11.5 Å². The fourth-order valence-electron chi connectivity index (χ4n) is 3.09. The minimum absolute atomic E-state index is 0.241. The van der Waals surface area contributed by atoms with Gasteiger partial charge in [0, 0.05) is 37.7 Å². The average Bonchev–Trinajstić information content (AvgIpc) is 3.06. The third-order valence-electron chi connectivity index (χ3n) is 4.38. The minimum atomic E-state index is -0.802. The Morgan fingerprint density at radius 1 is 1.35 bits per heavy atom. The Hall–Kier alpha value is -1.57. The molecule has 2 aliphatic rings. The van der Waals surface area contributed by atoms with Gasteiger partial charge in [0.15, 0.2) is 0 Å². The Labute approximate surface area is 121 Å². The van der Waals surface area contributed by atoms with E-state index in [9.17, 15) is 4.79 Å². The first-order valence-corrected chi connectivity index (χ1v) is 7.50. The molecule has 3 rings (SSSR count). The van der Waals surface area contributed by atoms with Crippen LogP contribution in [-0.4, -0.2) is 58.7 Å². The molecule has 2 saturated heterocycles. The van der Waals surface area contributed by atoms with Crippen LogP contribution in [0.2, 0.25) is 0 Å². The molecule has 0 radical (unpaired) electrons. The molecule has 1 aromatic rings. The summed E-state index contributed by atoms with van der Waals surface area (Å²) in [5.41, 5.74) is 0.241. The standard InChI is InChI=1S/C12H18N4O3S/c1-19-9-13-10(20-14-9)16-7-4-12(8-16)2-5-15(6-3-12)11(17)18/h2-8H2,1H3,(H,17,18). The predicted octanol–water partition coefficient (Wildman–Crippen LogP) is 1.52. The number of hydrogen-bond acceptors (Lipinski definition) is 6. The van der Waals surface area contributed by atoms with Crippen LogP contribution in [0.1, 0.15) is 19.3 Å². The first kappa shape index (κ1) is 13.4. The molecule has 0 bridgehead atoms. The minimum Gasteiger partial charge on any atom is -0.466 e. The first-order chi connectivity index (χ1) is 9.62. The van der Waals surface area contributed by atoms with Crippen LogP contribution in [0.4, 0.5) is 9.93 Å². The summed E-state index contributed by atoms with van der Waals surface area (Å²) in [5.74, 6) is 0. The topological polar surface area (TPSA) is 78.8 Å². The van der Waals surface area contributed by atoms with Crippen molar-refractivity contribution in [2.45, 2.75) is 19.3 Å². The Morgan fingerprint density at radius 3 is 2.65 bits per heavy atom. The number of amides is 1. The van der Waals surface area contributed by atoms with Gasteiger partial charge in [-0.1, -0.05) is 0 Å². The van der Waals surface area contributed by atoms with Crippen molar-refractivity contribution in [3.05, 3.63) is 0 Å². The lowest BCUT2D eigenvalue weighted by atomic mass is 9.78. The maximum absolute atomic E-state index is 11.0. The molecule has 1 aromatic heterocycles. The molecule has 0 saturated carbocycles. The number of rotatable bonds is 2. The molecule has 20 heavy (non-hydrogen) atoms. The molecule has 110 valence electrons. The van der Waals surface area contributed by atoms with Crippen molar-refractivity contribution in [1.29, 1.82) is 0 Å². The summed E-state index contributed by atoms with van der Waals surface area (Å²) in [6.07, 6.45) is 2.17. The summed E-state index contributed by atoms with van der Waals surface area (Å²) < 4.78 is 9.15. The quantitative estimate of drug-likeness (QED) is 0.892. The maximum Gasteiger partial charge on any atom is 0.407 e. The van der Waals surface area contributed by atoms with Gasteiger partial charge in [-0.25, -0.2) is 4.79 Å². The van der Waals surface area contributed by atoms with Crippen LogP contribution in [0, 0.1) is 5.41 Å². The SMILES string of the molecule is COc1nsc(N2CCC3(CCN(C(=O)O)CC3)C2)n1. The van der Waals surface area contributed by atoms with Crippen LogP contribution in [0.5, 0.6) is 6.01 Å². The fourth-order valence-corrected chi connectivity index (χ4v) is 3.76. The lowest BCUT2D eigenvalue weighted by Gasteiger charge is -2.37. The maximum atomic E-state index is 11.0. The molecule has 0 atom stereocenters. The molecule has 2 aliphatic heterocycles. The van der Waals surface area contributed by atoms with Gasteiger partial charge in [0.2, 0.25) is 5.13 Å². The Morgan fingerprint density at radius 2 is 2.05 bits per heavy atom. The highest BCUT2D eigenvalue weighted by Crippen LogP contribution is 2.42. The fraction of sp³-hybridized carbons (Fsp3) is 0.750. The molecular formula is C12H18N4O3S. The van der Waals surface area contributed by atoms with Crippen molar-refractivity contribution in [3.8, 4) is 6.01 Å². The molecular weight excluding hydrogens is 280 g/mol. The summed E-state index contributed by atoms with van der Waals surface area (Å²) >= 11 is 1.36. The summed E-state index contributed by atoms with van der Waals surface area (Å²) in [7, 11) is 1.57. The summed E-state index contributed by atoms with van der Waals surface area (Å²) in [4.78, 5) is 19.1. The van der Waals surface area contributed by atoms with Gasteiger partial charge in [0.05, 0.1) is 7.11 Å². The van der Waals surface area contributed by atoms with E-state index in [1.54, 1.807) is 7.11 Å². The third-order valence-corrected chi connectivity index (χ3v) is 5.14. The molecule has 1 N–H and O–H groups in total. The van der Waals surface area contributed by atoms with Crippen LogP contribution in [0.25, 0.3) is 0 Å². The van der Waals surface area contributed by atoms with E-state index in [-0.39, 0.29) is 5.41 Å². The van der Waals surface area contributed by atoms with Crippen LogP contribution in [-0.2, 0) is 0 Å². The third kappa shape index (κ3) is 2.39. The first-order valence-electron chi connectivity index (χ1n) is 6.72. The van der Waals surface area contributed by atoms with E-state index in [4.69, 9.17) is 9.84 Å². The van der Waals surface area contributed by atoms with E-state index in [2.05, 4.69) is 14.3 Å². The molecule has 3 heterocycles. The van der Waals surface area contributed by atoms with Crippen LogP contribution in [0.15, 0.2) is 0 Å². The zero-order valence-electron chi connectivity index (χ0n) is 11.4. The Balaban J connectivity index is 1.63. The second-order valence-corrected chi connectivity index (χ2v) is 6.24. The van der Waals surface area contributed by atoms with E-state index >= 15 is 0 Å². The number of nitrogens with zero attached hydrogens (tertiary/aromatic N) is 4. The largest absolute Gasteiger partial charge is 0.466 e. The second-order valence-electron chi connectivity index (χ2n) is 5.50. The van der Waals surface area contributed by atoms with Gasteiger partial charge in [-0.3, -0.25) is 0 Å². The van der Waals surface area contributed by atoms with Gasteiger partial charge in [-0.15, -0.1) is 4.37 Å². The molecule has 1 spiro atoms. The molecule has 2 fully saturated rings. The number of piperidine rings is 1. The van der Waals surface area contributed by atoms with E-state index < -0.39 is 6.09 Å². The van der Waals surface area contributed by atoms with E-state index in [1.165, 1.54) is 16.4 Å². The highest BCUT2D eigenvalue weighted by molar-refractivity contribution is 7.09. The number of carbonyl (C=O) groups is 1. The monoisotopic (exact) mass is 298 g/mol. The molecule has 1 amide bonds. The van der Waals surface area contributed by atoms with Crippen molar-refractivity contribution in [3.63, 3.8) is 0 Å². The van der Waals surface area contributed by atoms with E-state index in [1.807, 2.05) is 0 Å². The molecule has 7 nitrogen and oxygen atoms in total. The molecule has 0 aliphatic carbocycles. The van der Waals surface area contributed by atoms with Gasteiger partial charge in [0.1, 0.15) is 0 Å². The van der Waals surface area contributed by atoms with Gasteiger partial charge in [-0.05, 0) is 24.7 Å². The van der Waals surface area contributed by atoms with Crippen LogP contribution < -0.4 is 9.64 Å². The normalized spacial score (nSPS) is 21.4. The zero-order chi connectivity index (χ0) is 14.2. The second kappa shape index (κ2) is 5.08. The number of aromatic nitrogens is 2. The highest BCUT2D eigenvalue weighted by Gasteiger charge is 2.42. The van der Waals surface area contributed by atoms with Gasteiger partial charge in [0.25, 0.3) is 0 Å². The lowest BCUT2D eigenvalue weighted by Crippen LogP contribution is -2.43. The number of likely N-dealkylation sites (tertiary alicyclic amines) is 1. The average molecular weight is 298 g/mol. The van der Waals surface area contributed by atoms with Gasteiger partial charge in [-0.2, -0.15) is 4.98 Å². The number of anilines is 1. The zero-order valence-corrected chi connectivity index (χ0v) is 12.2. The molecule has 0 unspecified atom stereocenters. The number of carboxylic acid groups (broad SMARTS) is 1. The number of methoxy groups -OCH3 is 1. The predicted molar refractivity (Wildman–Crippen MR) is 74.6 cm³/mol. The number of ether oxygens (including phenoxy) is 1. The summed E-state index contributed by atoms with van der Waals surface area (Å²) in [5, 5.41) is 9.92. The van der Waals surface area contributed by atoms with Crippen LogP contribution in [0.3, 0.4) is 0 Å². The highest BCUT2D eigenvalue weighted by atomic mass is 32.1. The van der Waals surface area contributed by atoms with Crippen molar-refractivity contribution >= 4 is 22.8 Å². The Kier molecular flexibility index (Phi) is 3.41. The van der Waals surface area contributed by atoms with Crippen molar-refractivity contribution in [2.24, 2.45) is 5.41 Å². The smallest absolute Gasteiger partial charge is 0.407 e. The van der Waals surface area contributed by atoms with Gasteiger partial charge >= 0.3 is 12.1 Å². The van der Waals surface area contributed by atoms with E-state index in [0.717, 1.165) is 37.5 Å². The van der Waals surface area contributed by atoms with E-state index in [0.29, 0.717) is 19.1 Å².